The van der Waals surface area contributed by atoms with Crippen LogP contribution in [0, 0.1) is 6.92 Å². The van der Waals surface area contributed by atoms with Gasteiger partial charge in [-0.15, -0.1) is 0 Å². The molecule has 0 N–H and O–H groups in total. The molecule has 0 atom stereocenters. The van der Waals surface area contributed by atoms with Gasteiger partial charge in [0.15, 0.2) is 0 Å². The summed E-state index contributed by atoms with van der Waals surface area (Å²) in [4.78, 5) is 17.7. The van der Waals surface area contributed by atoms with Crippen LogP contribution < -0.4 is 9.80 Å². The molecule has 2 aromatic rings. The van der Waals surface area contributed by atoms with Gasteiger partial charge in [-0.1, -0.05) is 0 Å². The Bertz CT molecular complexity index is 618. The summed E-state index contributed by atoms with van der Waals surface area (Å²) in [6.07, 6.45) is 0. The van der Waals surface area contributed by atoms with Gasteiger partial charge in [0.1, 0.15) is 5.82 Å². The van der Waals surface area contributed by atoms with Crippen LogP contribution in [0.3, 0.4) is 0 Å². The lowest BCUT2D eigenvalue weighted by molar-refractivity contribution is 0.312. The number of piperazine rings is 2. The molecule has 11 heteroatoms. The Morgan fingerprint density at radius 1 is 0.731 bits per heavy atom. The molecule has 0 unspecified atom stereocenters. The van der Waals surface area contributed by atoms with E-state index in [9.17, 15) is 0 Å². The molecule has 2 fully saturated rings. The number of aromatic nitrogens is 4. The first kappa shape index (κ1) is 19.7. The van der Waals surface area contributed by atoms with Crippen molar-refractivity contribution < 1.29 is 0 Å². The lowest BCUT2D eigenvalue weighted by atomic mass is 10.3. The quantitative estimate of drug-likeness (QED) is 0.730. The molecule has 4 heterocycles. The summed E-state index contributed by atoms with van der Waals surface area (Å²) in [6.45, 7) is 10.5. The van der Waals surface area contributed by atoms with Crippen LogP contribution in [0.2, 0.25) is 5.28 Å². The molecule has 2 saturated heterocycles. The van der Waals surface area contributed by atoms with Crippen LogP contribution in [0.25, 0.3) is 0 Å². The van der Waals surface area contributed by atoms with Crippen LogP contribution in [-0.4, -0.2) is 95.0 Å². The third-order valence-corrected chi connectivity index (χ3v) is 6.37. The molecule has 8 nitrogen and oxygen atoms in total. The predicted octanol–water partition coefficient (Wildman–Crippen LogP) is 1.54. The fourth-order valence-corrected chi connectivity index (χ4v) is 4.32. The summed E-state index contributed by atoms with van der Waals surface area (Å²) in [7, 11) is 4.28. The monoisotopic (exact) mass is 416 g/mol. The Labute approximate surface area is 167 Å². The molecule has 0 radical (unpaired) electrons. The highest BCUT2D eigenvalue weighted by Crippen LogP contribution is 2.20. The summed E-state index contributed by atoms with van der Waals surface area (Å²) in [5.41, 5.74) is 0. The zero-order chi connectivity index (χ0) is 18.5. The number of anilines is 2. The van der Waals surface area contributed by atoms with Crippen molar-refractivity contribution in [1.82, 2.24) is 28.5 Å². The maximum absolute atomic E-state index is 5.66. The van der Waals surface area contributed by atoms with E-state index in [2.05, 4.69) is 52.4 Å². The molecule has 2 aliphatic heterocycles. The molecule has 2 aliphatic rings. The Morgan fingerprint density at radius 2 is 1.19 bits per heavy atom. The lowest BCUT2D eigenvalue weighted by Gasteiger charge is -2.31. The molecule has 0 saturated carbocycles. The van der Waals surface area contributed by atoms with Gasteiger partial charge in [0.25, 0.3) is 0 Å². The van der Waals surface area contributed by atoms with Crippen LogP contribution in [0.4, 0.5) is 10.3 Å². The van der Waals surface area contributed by atoms with Gasteiger partial charge in [-0.25, -0.2) is 4.98 Å². The zero-order valence-corrected chi connectivity index (χ0v) is 17.8. The Kier molecular flexibility index (Phi) is 6.98. The van der Waals surface area contributed by atoms with E-state index in [4.69, 9.17) is 11.6 Å². The predicted molar refractivity (Wildman–Crippen MR) is 109 cm³/mol. The molecule has 144 valence electrons. The van der Waals surface area contributed by atoms with E-state index in [1.165, 1.54) is 23.1 Å². The minimum atomic E-state index is 0.360. The number of hydrogen-bond acceptors (Lipinski definition) is 10. The fourth-order valence-electron chi connectivity index (χ4n) is 2.74. The molecule has 0 aliphatic carbocycles. The van der Waals surface area contributed by atoms with Gasteiger partial charge in [0.05, 0.1) is 0 Å². The third-order valence-electron chi connectivity index (χ3n) is 4.45. The van der Waals surface area contributed by atoms with Crippen molar-refractivity contribution in [2.45, 2.75) is 6.92 Å². The van der Waals surface area contributed by atoms with Crippen molar-refractivity contribution in [3.05, 3.63) is 11.1 Å². The number of hydrogen-bond donors (Lipinski definition) is 0. The maximum Gasteiger partial charge on any atom is 0.236 e. The maximum atomic E-state index is 5.66. The Balaban J connectivity index is 0.000000151. The van der Waals surface area contributed by atoms with Crippen LogP contribution in [-0.2, 0) is 0 Å². The minimum absolute atomic E-state index is 0.360. The average molecular weight is 417 g/mol. The molecule has 0 amide bonds. The molecule has 2 aromatic heterocycles. The van der Waals surface area contributed by atoms with Gasteiger partial charge in [0, 0.05) is 75.4 Å². The van der Waals surface area contributed by atoms with Crippen LogP contribution in [0.5, 0.6) is 0 Å². The van der Waals surface area contributed by atoms with Gasteiger partial charge in [-0.2, -0.15) is 13.7 Å². The number of nitrogens with zero attached hydrogens (tertiary/aromatic N) is 8. The number of aryl methyl sites for hydroxylation is 1. The first-order valence-electron chi connectivity index (χ1n) is 8.68. The van der Waals surface area contributed by atoms with E-state index in [0.717, 1.165) is 68.4 Å². The Morgan fingerprint density at radius 3 is 1.58 bits per heavy atom. The standard InChI is InChI=1S/C8H14N4S.C7H11ClN4S/c1-7-9-8(13-10-7)12-5-3-11(2)4-6-12;1-11-2-4-12(5-3-11)7-9-6(8)10-13-7/h3-6H2,1-2H3;2-5H2,1H3. The van der Waals surface area contributed by atoms with E-state index >= 15 is 0 Å². The second kappa shape index (κ2) is 9.23. The number of rotatable bonds is 2. The van der Waals surface area contributed by atoms with E-state index in [0.29, 0.717) is 5.28 Å². The molecule has 0 bridgehead atoms. The summed E-state index contributed by atoms with van der Waals surface area (Å²) >= 11 is 8.53. The highest BCUT2D eigenvalue weighted by molar-refractivity contribution is 7.10. The van der Waals surface area contributed by atoms with Gasteiger partial charge in [-0.05, 0) is 32.6 Å². The molecular formula is C15H25ClN8S2. The van der Waals surface area contributed by atoms with Crippen LogP contribution in [0.15, 0.2) is 0 Å². The van der Waals surface area contributed by atoms with Crippen LogP contribution >= 0.6 is 34.7 Å². The molecule has 0 aromatic carbocycles. The van der Waals surface area contributed by atoms with E-state index in [1.54, 1.807) is 0 Å². The molecular weight excluding hydrogens is 392 g/mol. The zero-order valence-electron chi connectivity index (χ0n) is 15.4. The highest BCUT2D eigenvalue weighted by Gasteiger charge is 2.17. The summed E-state index contributed by atoms with van der Waals surface area (Å²) in [6, 6.07) is 0. The average Bonchev–Trinajstić information content (AvgIpc) is 3.25. The SMILES string of the molecule is CN1CCN(c2nc(Cl)ns2)CC1.Cc1nsc(N2CCN(C)CC2)n1. The second-order valence-electron chi connectivity index (χ2n) is 6.55. The van der Waals surface area contributed by atoms with Crippen molar-refractivity contribution >= 4 is 44.9 Å². The van der Waals surface area contributed by atoms with E-state index < -0.39 is 0 Å². The highest BCUT2D eigenvalue weighted by atomic mass is 35.5. The summed E-state index contributed by atoms with van der Waals surface area (Å²) < 4.78 is 8.14. The third kappa shape index (κ3) is 5.46. The normalized spacial score (nSPS) is 19.4. The molecule has 4 rings (SSSR count). The summed E-state index contributed by atoms with van der Waals surface area (Å²) in [5, 5.41) is 2.38. The minimum Gasteiger partial charge on any atom is -0.344 e. The first-order valence-corrected chi connectivity index (χ1v) is 10.6. The Hall–Kier alpha value is -1.07. The fraction of sp³-hybridized carbons (Fsp3) is 0.733. The van der Waals surface area contributed by atoms with Crippen LogP contribution in [0.1, 0.15) is 5.82 Å². The smallest absolute Gasteiger partial charge is 0.236 e. The largest absolute Gasteiger partial charge is 0.344 e. The van der Waals surface area contributed by atoms with E-state index in [-0.39, 0.29) is 0 Å². The number of likely N-dealkylation sites (N-methyl/N-ethyl adjacent to an activating group) is 2. The van der Waals surface area contributed by atoms with Crippen molar-refractivity contribution in [1.29, 1.82) is 0 Å². The second-order valence-corrected chi connectivity index (χ2v) is 8.35. The molecule has 26 heavy (non-hydrogen) atoms. The lowest BCUT2D eigenvalue weighted by Crippen LogP contribution is -2.44. The van der Waals surface area contributed by atoms with E-state index in [1.807, 2.05) is 6.92 Å². The topological polar surface area (TPSA) is 64.5 Å². The number of halogens is 1. The van der Waals surface area contributed by atoms with Crippen molar-refractivity contribution in [2.24, 2.45) is 0 Å². The first-order chi connectivity index (χ1) is 12.5. The van der Waals surface area contributed by atoms with Crippen molar-refractivity contribution in [3.8, 4) is 0 Å². The van der Waals surface area contributed by atoms with Crippen molar-refractivity contribution in [3.63, 3.8) is 0 Å². The van der Waals surface area contributed by atoms with Gasteiger partial charge >= 0.3 is 0 Å². The van der Waals surface area contributed by atoms with Gasteiger partial charge in [-0.3, -0.25) is 0 Å². The van der Waals surface area contributed by atoms with Gasteiger partial charge in [0.2, 0.25) is 15.5 Å². The van der Waals surface area contributed by atoms with Crippen molar-refractivity contribution in [2.75, 3.05) is 76.3 Å². The van der Waals surface area contributed by atoms with Gasteiger partial charge < -0.3 is 19.6 Å². The molecule has 0 spiro atoms. The summed E-state index contributed by atoms with van der Waals surface area (Å²) in [5.74, 6) is 0.888.